The van der Waals surface area contributed by atoms with Gasteiger partial charge in [0, 0.05) is 32.4 Å². The van der Waals surface area contributed by atoms with Gasteiger partial charge in [0.05, 0.1) is 11.5 Å². The molecule has 2 amide bonds. The summed E-state index contributed by atoms with van der Waals surface area (Å²) in [6.45, 7) is 1.34. The van der Waals surface area contributed by atoms with Crippen LogP contribution in [0.5, 0.6) is 0 Å². The van der Waals surface area contributed by atoms with E-state index >= 15 is 0 Å². The molecule has 1 aromatic heterocycles. The van der Waals surface area contributed by atoms with Crippen molar-refractivity contribution in [1.82, 2.24) is 15.6 Å². The lowest BCUT2D eigenvalue weighted by Gasteiger charge is -2.29. The highest BCUT2D eigenvalue weighted by Gasteiger charge is 2.34. The Bertz CT molecular complexity index is 560. The number of hydrogen-bond acceptors (Lipinski definition) is 4. The van der Waals surface area contributed by atoms with E-state index in [0.29, 0.717) is 24.5 Å². The van der Waals surface area contributed by atoms with Gasteiger partial charge in [0.25, 0.3) is 5.91 Å². The zero-order valence-electron chi connectivity index (χ0n) is 12.1. The first-order valence-corrected chi connectivity index (χ1v) is 7.41. The minimum Gasteiger partial charge on any atom is -0.355 e. The van der Waals surface area contributed by atoms with Crippen molar-refractivity contribution in [2.24, 2.45) is 5.92 Å². The van der Waals surface area contributed by atoms with Gasteiger partial charge in [-0.05, 0) is 25.0 Å². The summed E-state index contributed by atoms with van der Waals surface area (Å²) in [7, 11) is 1.61. The van der Waals surface area contributed by atoms with Crippen molar-refractivity contribution in [2.75, 3.05) is 25.0 Å². The standard InChI is InChI=1S/C15H20N4O2/c1-16-15(21)12-6-3-7-17-13(12)19-8-10-4-2-5-11(9-19)18-14(10)20/h3,6-7,10-11H,2,4-5,8-9H2,1H3,(H,16,21)(H,18,20)/t10-,11+/m1/s1. The second kappa shape index (κ2) is 5.71. The lowest BCUT2D eigenvalue weighted by Crippen LogP contribution is -2.40. The van der Waals surface area contributed by atoms with E-state index in [0.717, 1.165) is 19.3 Å². The number of carbonyl (C=O) groups is 2. The Kier molecular flexibility index (Phi) is 3.77. The Morgan fingerprint density at radius 3 is 3.10 bits per heavy atom. The molecule has 2 aliphatic heterocycles. The first kappa shape index (κ1) is 13.9. The summed E-state index contributed by atoms with van der Waals surface area (Å²) in [6.07, 6.45) is 4.66. The Labute approximate surface area is 123 Å². The van der Waals surface area contributed by atoms with Gasteiger partial charge in [-0.25, -0.2) is 4.98 Å². The molecule has 1 aromatic rings. The monoisotopic (exact) mass is 288 g/mol. The number of amides is 2. The van der Waals surface area contributed by atoms with Crippen LogP contribution in [0.25, 0.3) is 0 Å². The van der Waals surface area contributed by atoms with Crippen LogP contribution in [0.1, 0.15) is 29.6 Å². The third kappa shape index (κ3) is 2.70. The van der Waals surface area contributed by atoms with Crippen molar-refractivity contribution in [2.45, 2.75) is 25.3 Å². The predicted octanol–water partition coefficient (Wildman–Crippen LogP) is 0.546. The largest absolute Gasteiger partial charge is 0.355 e. The van der Waals surface area contributed by atoms with Gasteiger partial charge in [0.2, 0.25) is 5.91 Å². The lowest BCUT2D eigenvalue weighted by atomic mass is 9.99. The molecule has 0 unspecified atom stereocenters. The molecule has 0 saturated carbocycles. The van der Waals surface area contributed by atoms with Gasteiger partial charge in [-0.1, -0.05) is 6.42 Å². The number of hydrogen-bond donors (Lipinski definition) is 2. The molecule has 21 heavy (non-hydrogen) atoms. The van der Waals surface area contributed by atoms with E-state index in [4.69, 9.17) is 0 Å². The number of pyridine rings is 1. The van der Waals surface area contributed by atoms with Gasteiger partial charge in [0.15, 0.2) is 0 Å². The molecule has 0 aliphatic carbocycles. The summed E-state index contributed by atoms with van der Waals surface area (Å²) in [4.78, 5) is 30.6. The molecule has 2 atom stereocenters. The molecule has 0 radical (unpaired) electrons. The fraction of sp³-hybridized carbons (Fsp3) is 0.533. The van der Waals surface area contributed by atoms with E-state index in [-0.39, 0.29) is 23.8 Å². The van der Waals surface area contributed by atoms with E-state index in [2.05, 4.69) is 20.5 Å². The fourth-order valence-electron chi connectivity index (χ4n) is 3.18. The number of rotatable bonds is 2. The van der Waals surface area contributed by atoms with E-state index in [1.165, 1.54) is 0 Å². The average molecular weight is 288 g/mol. The van der Waals surface area contributed by atoms with Crippen LogP contribution in [0.4, 0.5) is 5.82 Å². The second-order valence-electron chi connectivity index (χ2n) is 5.69. The molecule has 2 N–H and O–H groups in total. The lowest BCUT2D eigenvalue weighted by molar-refractivity contribution is -0.124. The fourth-order valence-corrected chi connectivity index (χ4v) is 3.18. The topological polar surface area (TPSA) is 74.3 Å². The van der Waals surface area contributed by atoms with E-state index < -0.39 is 0 Å². The molecule has 3 heterocycles. The highest BCUT2D eigenvalue weighted by Crippen LogP contribution is 2.26. The molecule has 2 aliphatic rings. The van der Waals surface area contributed by atoms with Crippen LogP contribution in [-0.2, 0) is 4.79 Å². The summed E-state index contributed by atoms with van der Waals surface area (Å²) in [5.74, 6) is 0.645. The maximum atomic E-state index is 12.1. The Morgan fingerprint density at radius 2 is 2.29 bits per heavy atom. The van der Waals surface area contributed by atoms with Gasteiger partial charge < -0.3 is 15.5 Å². The number of carbonyl (C=O) groups excluding carboxylic acids is 2. The molecule has 2 saturated heterocycles. The second-order valence-corrected chi connectivity index (χ2v) is 5.69. The minimum atomic E-state index is -0.146. The maximum Gasteiger partial charge on any atom is 0.254 e. The van der Waals surface area contributed by atoms with Crippen molar-refractivity contribution >= 4 is 17.6 Å². The Balaban J connectivity index is 1.94. The minimum absolute atomic E-state index is 0.0166. The molecule has 6 heteroatoms. The Hall–Kier alpha value is -2.11. The number of nitrogens with one attached hydrogen (secondary N) is 2. The summed E-state index contributed by atoms with van der Waals surface area (Å²) in [6, 6.07) is 3.68. The smallest absolute Gasteiger partial charge is 0.254 e. The van der Waals surface area contributed by atoms with Crippen LogP contribution in [-0.4, -0.2) is 43.0 Å². The van der Waals surface area contributed by atoms with Crippen LogP contribution in [0.3, 0.4) is 0 Å². The first-order chi connectivity index (χ1) is 10.2. The van der Waals surface area contributed by atoms with E-state index in [1.54, 1.807) is 25.4 Å². The van der Waals surface area contributed by atoms with Crippen molar-refractivity contribution in [3.8, 4) is 0 Å². The van der Waals surface area contributed by atoms with Crippen molar-refractivity contribution in [1.29, 1.82) is 0 Å². The normalized spacial score (nSPS) is 25.0. The van der Waals surface area contributed by atoms with Crippen LogP contribution >= 0.6 is 0 Å². The highest BCUT2D eigenvalue weighted by atomic mass is 16.2. The summed E-state index contributed by atoms with van der Waals surface area (Å²) in [5, 5.41) is 5.74. The van der Waals surface area contributed by atoms with Gasteiger partial charge in [-0.15, -0.1) is 0 Å². The van der Waals surface area contributed by atoms with Crippen LogP contribution in [0.15, 0.2) is 18.3 Å². The predicted molar refractivity (Wildman–Crippen MR) is 79.1 cm³/mol. The molecular formula is C15H20N4O2. The van der Waals surface area contributed by atoms with Gasteiger partial charge in [-0.3, -0.25) is 9.59 Å². The van der Waals surface area contributed by atoms with Crippen LogP contribution in [0, 0.1) is 5.92 Å². The molecule has 112 valence electrons. The Morgan fingerprint density at radius 1 is 1.43 bits per heavy atom. The van der Waals surface area contributed by atoms with E-state index in [1.807, 2.05) is 0 Å². The third-order valence-electron chi connectivity index (χ3n) is 4.26. The number of aromatic nitrogens is 1. The SMILES string of the molecule is CNC(=O)c1cccnc1N1C[C@@H]2CCC[C@H](C1)C(=O)N2. The van der Waals surface area contributed by atoms with Crippen molar-refractivity contribution in [3.05, 3.63) is 23.9 Å². The van der Waals surface area contributed by atoms with Gasteiger partial charge >= 0.3 is 0 Å². The maximum absolute atomic E-state index is 12.1. The van der Waals surface area contributed by atoms with Crippen molar-refractivity contribution in [3.63, 3.8) is 0 Å². The molecule has 0 aromatic carbocycles. The van der Waals surface area contributed by atoms with E-state index in [9.17, 15) is 9.59 Å². The highest BCUT2D eigenvalue weighted by molar-refractivity contribution is 5.98. The van der Waals surface area contributed by atoms with Crippen LogP contribution in [0.2, 0.25) is 0 Å². The first-order valence-electron chi connectivity index (χ1n) is 7.41. The molecule has 0 spiro atoms. The number of anilines is 1. The molecule has 6 nitrogen and oxygen atoms in total. The van der Waals surface area contributed by atoms with Gasteiger partial charge in [-0.2, -0.15) is 0 Å². The summed E-state index contributed by atoms with van der Waals surface area (Å²) in [5.41, 5.74) is 0.562. The van der Waals surface area contributed by atoms with Crippen molar-refractivity contribution < 1.29 is 9.59 Å². The number of fused-ring (bicyclic) bond motifs is 3. The number of nitrogens with zero attached hydrogens (tertiary/aromatic N) is 2. The zero-order chi connectivity index (χ0) is 14.8. The summed E-state index contributed by atoms with van der Waals surface area (Å²) < 4.78 is 0. The molecule has 2 fully saturated rings. The van der Waals surface area contributed by atoms with Gasteiger partial charge in [0.1, 0.15) is 5.82 Å². The summed E-state index contributed by atoms with van der Waals surface area (Å²) >= 11 is 0. The van der Waals surface area contributed by atoms with Crippen LogP contribution < -0.4 is 15.5 Å². The molecule has 2 bridgehead atoms. The molecule has 3 rings (SSSR count). The quantitative estimate of drug-likeness (QED) is 0.833. The third-order valence-corrected chi connectivity index (χ3v) is 4.26. The zero-order valence-corrected chi connectivity index (χ0v) is 12.1. The average Bonchev–Trinajstić information content (AvgIpc) is 2.75. The molecular weight excluding hydrogens is 268 g/mol.